The zero-order chi connectivity index (χ0) is 13.8. The molecule has 2 heterocycles. The number of aromatic nitrogens is 2. The average molecular weight is 262 g/mol. The number of methoxy groups -OCH3 is 1. The molecule has 0 saturated heterocycles. The molecule has 1 unspecified atom stereocenters. The van der Waals surface area contributed by atoms with E-state index in [1.165, 1.54) is 13.3 Å². The average Bonchev–Trinajstić information content (AvgIpc) is 2.41. The Kier molecular flexibility index (Phi) is 4.03. The number of hydrazine groups is 1. The van der Waals surface area contributed by atoms with E-state index in [-0.39, 0.29) is 5.88 Å². The van der Waals surface area contributed by atoms with Crippen molar-refractivity contribution in [3.8, 4) is 5.88 Å². The summed E-state index contributed by atoms with van der Waals surface area (Å²) in [5, 5.41) is 0. The molecule has 2 rings (SSSR count). The fraction of sp³-hybridized carbons (Fsp3) is 0.231. The summed E-state index contributed by atoms with van der Waals surface area (Å²) in [5.74, 6) is 4.92. The zero-order valence-corrected chi connectivity index (χ0v) is 10.7. The second kappa shape index (κ2) is 5.73. The summed E-state index contributed by atoms with van der Waals surface area (Å²) in [6, 6.07) is 6.48. The van der Waals surface area contributed by atoms with Crippen LogP contribution in [0.4, 0.5) is 4.39 Å². The van der Waals surface area contributed by atoms with Gasteiger partial charge in [0.05, 0.1) is 18.8 Å². The van der Waals surface area contributed by atoms with Gasteiger partial charge in [-0.25, -0.2) is 14.8 Å². The highest BCUT2D eigenvalue weighted by atomic mass is 19.1. The fourth-order valence-electron chi connectivity index (χ4n) is 1.86. The number of hydrogen-bond acceptors (Lipinski definition) is 5. The van der Waals surface area contributed by atoms with Gasteiger partial charge >= 0.3 is 0 Å². The molecule has 0 bridgehead atoms. The molecule has 100 valence electrons. The van der Waals surface area contributed by atoms with Crippen LogP contribution in [0.25, 0.3) is 0 Å². The Hall–Kier alpha value is -2.05. The number of aryl methyl sites for hydroxylation is 1. The minimum absolute atomic E-state index is 0.0644. The van der Waals surface area contributed by atoms with Gasteiger partial charge in [-0.1, -0.05) is 6.07 Å². The van der Waals surface area contributed by atoms with Gasteiger partial charge in [0.25, 0.3) is 0 Å². The highest BCUT2D eigenvalue weighted by Gasteiger charge is 2.21. The standard InChI is InChI=1S/C13H15FN4O/c1-8-4-3-5-10(17-8)12(18-15)9-6-7-16-13(19-2)11(9)14/h3-7,12,18H,15H2,1-2H3. The Morgan fingerprint density at radius 3 is 2.79 bits per heavy atom. The van der Waals surface area contributed by atoms with E-state index in [0.717, 1.165) is 5.69 Å². The third-order valence-electron chi connectivity index (χ3n) is 2.76. The summed E-state index contributed by atoms with van der Waals surface area (Å²) in [4.78, 5) is 8.15. The highest BCUT2D eigenvalue weighted by Crippen LogP contribution is 2.26. The van der Waals surface area contributed by atoms with Gasteiger partial charge in [0.15, 0.2) is 5.82 Å². The van der Waals surface area contributed by atoms with E-state index in [2.05, 4.69) is 15.4 Å². The molecule has 2 aromatic heterocycles. The minimum atomic E-state index is -0.559. The third kappa shape index (κ3) is 2.69. The van der Waals surface area contributed by atoms with Crippen molar-refractivity contribution in [3.05, 3.63) is 53.2 Å². The first-order valence-electron chi connectivity index (χ1n) is 5.75. The molecule has 1 atom stereocenters. The van der Waals surface area contributed by atoms with Crippen LogP contribution in [-0.4, -0.2) is 17.1 Å². The smallest absolute Gasteiger partial charge is 0.250 e. The van der Waals surface area contributed by atoms with Crippen LogP contribution in [0.15, 0.2) is 30.5 Å². The van der Waals surface area contributed by atoms with Gasteiger partial charge in [0, 0.05) is 17.5 Å². The Balaban J connectivity index is 2.48. The fourth-order valence-corrected chi connectivity index (χ4v) is 1.86. The van der Waals surface area contributed by atoms with Crippen molar-refractivity contribution >= 4 is 0 Å². The number of nitrogens with two attached hydrogens (primary N) is 1. The number of nitrogens with one attached hydrogen (secondary N) is 1. The molecule has 0 spiro atoms. The van der Waals surface area contributed by atoms with Gasteiger partial charge in [0.2, 0.25) is 5.88 Å². The molecule has 0 aromatic carbocycles. The first-order chi connectivity index (χ1) is 9.17. The minimum Gasteiger partial charge on any atom is -0.479 e. The van der Waals surface area contributed by atoms with Crippen LogP contribution in [0.2, 0.25) is 0 Å². The predicted molar refractivity (Wildman–Crippen MR) is 68.9 cm³/mol. The van der Waals surface area contributed by atoms with Gasteiger partial charge < -0.3 is 4.74 Å². The number of halogens is 1. The van der Waals surface area contributed by atoms with Crippen molar-refractivity contribution in [3.63, 3.8) is 0 Å². The van der Waals surface area contributed by atoms with Crippen molar-refractivity contribution in [2.75, 3.05) is 7.11 Å². The number of pyridine rings is 2. The Morgan fingerprint density at radius 1 is 1.37 bits per heavy atom. The lowest BCUT2D eigenvalue weighted by atomic mass is 10.0. The lowest BCUT2D eigenvalue weighted by Gasteiger charge is -2.17. The maximum absolute atomic E-state index is 14.2. The maximum Gasteiger partial charge on any atom is 0.250 e. The zero-order valence-electron chi connectivity index (χ0n) is 10.7. The predicted octanol–water partition coefficient (Wildman–Crippen LogP) is 1.49. The van der Waals surface area contributed by atoms with E-state index in [1.54, 1.807) is 12.1 Å². The largest absolute Gasteiger partial charge is 0.479 e. The summed E-state index contributed by atoms with van der Waals surface area (Å²) in [6.45, 7) is 1.86. The van der Waals surface area contributed by atoms with Crippen LogP contribution in [0.3, 0.4) is 0 Å². The molecule has 0 saturated carbocycles. The van der Waals surface area contributed by atoms with Crippen LogP contribution in [-0.2, 0) is 0 Å². The second-order valence-electron chi connectivity index (χ2n) is 4.03. The molecule has 6 heteroatoms. The van der Waals surface area contributed by atoms with E-state index in [1.807, 2.05) is 19.1 Å². The molecule has 0 aliphatic rings. The van der Waals surface area contributed by atoms with Crippen LogP contribution < -0.4 is 16.0 Å². The number of rotatable bonds is 4. The number of nitrogens with zero attached hydrogens (tertiary/aromatic N) is 2. The summed E-state index contributed by atoms with van der Waals surface area (Å²) in [6.07, 6.45) is 1.47. The first kappa shape index (κ1) is 13.4. The molecule has 2 aromatic rings. The first-order valence-corrected chi connectivity index (χ1v) is 5.75. The number of ether oxygens (including phenoxy) is 1. The molecule has 0 fully saturated rings. The van der Waals surface area contributed by atoms with Gasteiger partial charge in [-0.15, -0.1) is 0 Å². The van der Waals surface area contributed by atoms with Crippen LogP contribution in [0.1, 0.15) is 23.0 Å². The molecule has 3 N–H and O–H groups in total. The van der Waals surface area contributed by atoms with Gasteiger partial charge in [-0.2, -0.15) is 0 Å². The summed E-state index contributed by atoms with van der Waals surface area (Å²) in [5.41, 5.74) is 4.37. The SMILES string of the molecule is COc1nccc(C(NN)c2cccc(C)n2)c1F. The summed E-state index contributed by atoms with van der Waals surface area (Å²) in [7, 11) is 1.37. The van der Waals surface area contributed by atoms with Crippen molar-refractivity contribution in [2.45, 2.75) is 13.0 Å². The molecular weight excluding hydrogens is 247 g/mol. The molecule has 19 heavy (non-hydrogen) atoms. The summed E-state index contributed by atoms with van der Waals surface area (Å²) >= 11 is 0. The van der Waals surface area contributed by atoms with Crippen molar-refractivity contribution in [2.24, 2.45) is 5.84 Å². The molecule has 0 aliphatic heterocycles. The van der Waals surface area contributed by atoms with E-state index in [9.17, 15) is 4.39 Å². The molecule has 0 amide bonds. The lowest BCUT2D eigenvalue weighted by molar-refractivity contribution is 0.364. The normalized spacial score (nSPS) is 12.2. The van der Waals surface area contributed by atoms with Gasteiger partial charge in [0.1, 0.15) is 0 Å². The van der Waals surface area contributed by atoms with Gasteiger partial charge in [-0.3, -0.25) is 10.8 Å². The Bertz CT molecular complexity index is 576. The molecule has 0 radical (unpaired) electrons. The van der Waals surface area contributed by atoms with E-state index >= 15 is 0 Å². The number of hydrogen-bond donors (Lipinski definition) is 2. The van der Waals surface area contributed by atoms with Gasteiger partial charge in [-0.05, 0) is 25.1 Å². The van der Waals surface area contributed by atoms with E-state index in [0.29, 0.717) is 11.3 Å². The molecule has 5 nitrogen and oxygen atoms in total. The lowest BCUT2D eigenvalue weighted by Crippen LogP contribution is -2.30. The topological polar surface area (TPSA) is 73.1 Å². The highest BCUT2D eigenvalue weighted by molar-refractivity contribution is 5.32. The van der Waals surface area contributed by atoms with Crippen molar-refractivity contribution in [1.29, 1.82) is 0 Å². The molecule has 0 aliphatic carbocycles. The maximum atomic E-state index is 14.2. The second-order valence-corrected chi connectivity index (χ2v) is 4.03. The van der Waals surface area contributed by atoms with Crippen LogP contribution in [0, 0.1) is 12.7 Å². The Labute approximate surface area is 110 Å². The van der Waals surface area contributed by atoms with Crippen LogP contribution >= 0.6 is 0 Å². The van der Waals surface area contributed by atoms with Crippen molar-refractivity contribution in [1.82, 2.24) is 15.4 Å². The quantitative estimate of drug-likeness (QED) is 0.645. The monoisotopic (exact) mass is 262 g/mol. The Morgan fingerprint density at radius 2 is 2.16 bits per heavy atom. The van der Waals surface area contributed by atoms with E-state index in [4.69, 9.17) is 10.6 Å². The summed E-state index contributed by atoms with van der Waals surface area (Å²) < 4.78 is 19.1. The molecular formula is C13H15FN4O. The van der Waals surface area contributed by atoms with Crippen molar-refractivity contribution < 1.29 is 9.13 Å². The van der Waals surface area contributed by atoms with E-state index < -0.39 is 11.9 Å². The van der Waals surface area contributed by atoms with Crippen LogP contribution in [0.5, 0.6) is 5.88 Å². The third-order valence-corrected chi connectivity index (χ3v) is 2.76.